The molecule has 16 heteroatoms. The van der Waals surface area contributed by atoms with Gasteiger partial charge < -0.3 is 14.8 Å². The number of nitro benzene ring substituents is 1. The van der Waals surface area contributed by atoms with Crippen LogP contribution in [0.25, 0.3) is 22.0 Å². The highest BCUT2D eigenvalue weighted by atomic mass is 35.5. The predicted molar refractivity (Wildman–Crippen MR) is 239 cm³/mol. The molecule has 60 heavy (non-hydrogen) atoms. The van der Waals surface area contributed by atoms with E-state index in [1.807, 2.05) is 83.6 Å². The normalized spacial score (nSPS) is 13.9. The van der Waals surface area contributed by atoms with Crippen molar-refractivity contribution in [2.24, 2.45) is 0 Å². The number of benzene rings is 5. The SMILES string of the molecule is O=[N+]([O-])c1cc(S(=O)(=O)Nc2ncnc3cc(N4CCN(Cc5cc(Cl)ccc5-c5ccccc5)CC4)ccc23)ccc1NC(CCn1ccnc1)CSc1ccccc1. The number of anilines is 3. The van der Waals surface area contributed by atoms with E-state index in [0.29, 0.717) is 34.6 Å². The average molecular weight is 860 g/mol. The summed E-state index contributed by atoms with van der Waals surface area (Å²) >= 11 is 8.06. The molecule has 2 aromatic heterocycles. The van der Waals surface area contributed by atoms with Gasteiger partial charge in [0.05, 0.1) is 21.7 Å². The molecular formula is C44H42ClN9O4S2. The van der Waals surface area contributed by atoms with E-state index in [2.05, 4.69) is 53.0 Å². The van der Waals surface area contributed by atoms with Gasteiger partial charge in [-0.1, -0.05) is 66.2 Å². The lowest BCUT2D eigenvalue weighted by Gasteiger charge is -2.36. The van der Waals surface area contributed by atoms with Crippen molar-refractivity contribution >= 4 is 67.2 Å². The molecule has 8 rings (SSSR count). The number of aromatic nitrogens is 4. The number of nitrogens with one attached hydrogen (secondary N) is 2. The van der Waals surface area contributed by atoms with Gasteiger partial charge in [0, 0.05) is 90.5 Å². The molecule has 306 valence electrons. The molecule has 0 saturated carbocycles. The summed E-state index contributed by atoms with van der Waals surface area (Å²) in [6.45, 7) is 4.68. The van der Waals surface area contributed by atoms with E-state index in [4.69, 9.17) is 11.6 Å². The molecular weight excluding hydrogens is 818 g/mol. The Labute approximate surface area is 357 Å². The van der Waals surface area contributed by atoms with E-state index in [1.165, 1.54) is 29.6 Å². The van der Waals surface area contributed by atoms with Gasteiger partial charge in [-0.3, -0.25) is 19.7 Å². The minimum atomic E-state index is -4.29. The largest absolute Gasteiger partial charge is 0.376 e. The van der Waals surface area contributed by atoms with Crippen molar-refractivity contribution < 1.29 is 13.3 Å². The number of piperazine rings is 1. The fourth-order valence-electron chi connectivity index (χ4n) is 7.31. The molecule has 2 N–H and O–H groups in total. The number of nitrogens with zero attached hydrogens (tertiary/aromatic N) is 7. The van der Waals surface area contributed by atoms with Gasteiger partial charge in [-0.2, -0.15) is 0 Å². The van der Waals surface area contributed by atoms with Crippen molar-refractivity contribution in [3.8, 4) is 11.1 Å². The third kappa shape index (κ3) is 9.88. The molecule has 1 aliphatic rings. The third-order valence-electron chi connectivity index (χ3n) is 10.5. The Balaban J connectivity index is 0.945. The van der Waals surface area contributed by atoms with Gasteiger partial charge in [-0.25, -0.2) is 23.4 Å². The second-order valence-electron chi connectivity index (χ2n) is 14.5. The topological polar surface area (TPSA) is 151 Å². The number of hydrogen-bond acceptors (Lipinski definition) is 11. The van der Waals surface area contributed by atoms with Gasteiger partial charge in [0.25, 0.3) is 15.7 Å². The van der Waals surface area contributed by atoms with Crippen LogP contribution in [0.5, 0.6) is 0 Å². The fourth-order valence-corrected chi connectivity index (χ4v) is 9.55. The molecule has 0 bridgehead atoms. The summed E-state index contributed by atoms with van der Waals surface area (Å²) in [5.74, 6) is 0.699. The maximum Gasteiger partial charge on any atom is 0.293 e. The van der Waals surface area contributed by atoms with E-state index in [9.17, 15) is 18.5 Å². The maximum absolute atomic E-state index is 13.8. The zero-order valence-corrected chi connectivity index (χ0v) is 34.9. The summed E-state index contributed by atoms with van der Waals surface area (Å²) in [6.07, 6.45) is 7.25. The zero-order chi connectivity index (χ0) is 41.5. The van der Waals surface area contributed by atoms with Crippen molar-refractivity contribution in [3.63, 3.8) is 0 Å². The lowest BCUT2D eigenvalue weighted by molar-refractivity contribution is -0.384. The van der Waals surface area contributed by atoms with Gasteiger partial charge in [0.15, 0.2) is 5.82 Å². The van der Waals surface area contributed by atoms with Crippen LogP contribution in [0, 0.1) is 10.1 Å². The Morgan fingerprint density at radius 1 is 0.883 bits per heavy atom. The van der Waals surface area contributed by atoms with Crippen LogP contribution < -0.4 is 14.9 Å². The van der Waals surface area contributed by atoms with Crippen LogP contribution in [0.4, 0.5) is 22.9 Å². The van der Waals surface area contributed by atoms with E-state index in [-0.39, 0.29) is 28.1 Å². The monoisotopic (exact) mass is 859 g/mol. The molecule has 5 aromatic carbocycles. The molecule has 7 aromatic rings. The van der Waals surface area contributed by atoms with Crippen LogP contribution >= 0.6 is 23.4 Å². The van der Waals surface area contributed by atoms with Gasteiger partial charge in [0.1, 0.15) is 12.0 Å². The molecule has 0 amide bonds. The van der Waals surface area contributed by atoms with Crippen LogP contribution in [0.1, 0.15) is 12.0 Å². The van der Waals surface area contributed by atoms with Crippen molar-refractivity contribution in [2.45, 2.75) is 35.3 Å². The summed E-state index contributed by atoms with van der Waals surface area (Å²) in [6, 6.07) is 35.7. The number of halogens is 1. The third-order valence-corrected chi connectivity index (χ3v) is 13.2. The number of aryl methyl sites for hydroxylation is 1. The lowest BCUT2D eigenvalue weighted by Crippen LogP contribution is -2.46. The minimum Gasteiger partial charge on any atom is -0.376 e. The summed E-state index contributed by atoms with van der Waals surface area (Å²) in [7, 11) is -4.29. The van der Waals surface area contributed by atoms with Crippen LogP contribution in [0.15, 0.2) is 150 Å². The van der Waals surface area contributed by atoms with E-state index >= 15 is 0 Å². The molecule has 1 unspecified atom stereocenters. The van der Waals surface area contributed by atoms with Gasteiger partial charge >= 0.3 is 0 Å². The quantitative estimate of drug-likeness (QED) is 0.0545. The Bertz CT molecular complexity index is 2680. The molecule has 0 spiro atoms. The zero-order valence-electron chi connectivity index (χ0n) is 32.5. The highest BCUT2D eigenvalue weighted by Gasteiger charge is 2.25. The van der Waals surface area contributed by atoms with E-state index in [0.717, 1.165) is 54.9 Å². The number of sulfonamides is 1. The molecule has 0 aliphatic carbocycles. The van der Waals surface area contributed by atoms with E-state index in [1.54, 1.807) is 30.4 Å². The Morgan fingerprint density at radius 3 is 2.42 bits per heavy atom. The smallest absolute Gasteiger partial charge is 0.293 e. The fraction of sp³-hybridized carbons (Fsp3) is 0.205. The van der Waals surface area contributed by atoms with Crippen LogP contribution in [0.3, 0.4) is 0 Å². The number of thioether (sulfide) groups is 1. The first-order valence-corrected chi connectivity index (χ1v) is 22.3. The first-order chi connectivity index (χ1) is 29.2. The second-order valence-corrected chi connectivity index (χ2v) is 17.7. The summed E-state index contributed by atoms with van der Waals surface area (Å²) in [4.78, 5) is 30.2. The Hall–Kier alpha value is -6.00. The minimum absolute atomic E-state index is 0.0782. The predicted octanol–water partition coefficient (Wildman–Crippen LogP) is 8.84. The van der Waals surface area contributed by atoms with Crippen LogP contribution in [-0.4, -0.2) is 75.7 Å². The van der Waals surface area contributed by atoms with Gasteiger partial charge in [-0.15, -0.1) is 11.8 Å². The summed E-state index contributed by atoms with van der Waals surface area (Å²) in [5.41, 5.74) is 4.92. The maximum atomic E-state index is 13.8. The van der Waals surface area contributed by atoms with Crippen LogP contribution in [-0.2, 0) is 23.1 Å². The summed E-state index contributed by atoms with van der Waals surface area (Å²) < 4.78 is 32.1. The number of hydrogen-bond donors (Lipinski definition) is 2. The first-order valence-electron chi connectivity index (χ1n) is 19.5. The summed E-state index contributed by atoms with van der Waals surface area (Å²) in [5, 5.41) is 16.9. The highest BCUT2D eigenvalue weighted by molar-refractivity contribution is 7.99. The Morgan fingerprint density at radius 2 is 1.67 bits per heavy atom. The van der Waals surface area contributed by atoms with E-state index < -0.39 is 14.9 Å². The number of imidazole rings is 1. The number of fused-ring (bicyclic) bond motifs is 1. The molecule has 0 radical (unpaired) electrons. The molecule has 1 aliphatic heterocycles. The number of nitro groups is 1. The average Bonchev–Trinajstić information content (AvgIpc) is 3.79. The first kappa shape index (κ1) is 40.8. The standard InChI is InChI=1S/C44H42ClN9O4S2/c45-34-11-14-39(32-7-3-1-4-8-32)33(25-34)28-51-21-23-53(24-22-51)36-12-15-40-42(26-36)47-30-48-44(40)50-60(57,58)38-13-16-41(43(27-38)54(55)56)49-35(17-19-52-20-18-46-31-52)29-59-37-9-5-2-6-10-37/h1-16,18,20,25-27,30-31,35,49H,17,19,21-24,28-29H2,(H,47,48,50). The highest BCUT2D eigenvalue weighted by Crippen LogP contribution is 2.33. The lowest BCUT2D eigenvalue weighted by atomic mass is 9.99. The van der Waals surface area contributed by atoms with Crippen molar-refractivity contribution in [2.75, 3.05) is 46.9 Å². The Kier molecular flexibility index (Phi) is 12.6. The molecule has 1 fully saturated rings. The molecule has 1 saturated heterocycles. The molecule has 13 nitrogen and oxygen atoms in total. The molecule has 1 atom stereocenters. The van der Waals surface area contributed by atoms with Gasteiger partial charge in [0.2, 0.25) is 0 Å². The van der Waals surface area contributed by atoms with Crippen LogP contribution in [0.2, 0.25) is 5.02 Å². The molecule has 3 heterocycles. The second kappa shape index (κ2) is 18.5. The van der Waals surface area contributed by atoms with Gasteiger partial charge in [-0.05, 0) is 77.7 Å². The van der Waals surface area contributed by atoms with Crippen molar-refractivity contribution in [1.29, 1.82) is 0 Å². The van der Waals surface area contributed by atoms with Crippen molar-refractivity contribution in [1.82, 2.24) is 24.4 Å². The number of rotatable bonds is 16. The van der Waals surface area contributed by atoms with Crippen molar-refractivity contribution in [3.05, 3.63) is 161 Å².